The summed E-state index contributed by atoms with van der Waals surface area (Å²) in [5.74, 6) is 0. The molecule has 0 saturated heterocycles. The molecule has 0 amide bonds. The number of rotatable bonds is 6. The summed E-state index contributed by atoms with van der Waals surface area (Å²) in [5, 5.41) is 3.52. The van der Waals surface area contributed by atoms with Crippen LogP contribution in [0.15, 0.2) is 59.1 Å². The Hall–Kier alpha value is -1.70. The highest BCUT2D eigenvalue weighted by atomic mass is 15.2. The molecular formula is C20H30N2. The van der Waals surface area contributed by atoms with Gasteiger partial charge in [0.2, 0.25) is 0 Å². The van der Waals surface area contributed by atoms with Crippen molar-refractivity contribution in [3.8, 4) is 0 Å². The quantitative estimate of drug-likeness (QED) is 0.738. The van der Waals surface area contributed by atoms with Gasteiger partial charge in [0.25, 0.3) is 0 Å². The van der Waals surface area contributed by atoms with Gasteiger partial charge in [-0.25, -0.2) is 0 Å². The molecule has 2 aliphatic heterocycles. The second-order valence-corrected chi connectivity index (χ2v) is 6.18. The molecule has 0 radical (unpaired) electrons. The summed E-state index contributed by atoms with van der Waals surface area (Å²) in [6.07, 6.45) is 13.5. The van der Waals surface area contributed by atoms with Crippen LogP contribution in [0.3, 0.4) is 0 Å². The van der Waals surface area contributed by atoms with Crippen LogP contribution < -0.4 is 5.32 Å². The van der Waals surface area contributed by atoms with Crippen LogP contribution in [0, 0.1) is 0 Å². The number of allylic oxidation sites excluding steroid dienone is 4. The summed E-state index contributed by atoms with van der Waals surface area (Å²) in [5.41, 5.74) is 6.64. The molecule has 2 rings (SSSR count). The third kappa shape index (κ3) is 3.37. The Morgan fingerprint density at radius 2 is 2.14 bits per heavy atom. The molecule has 0 saturated carbocycles. The Morgan fingerprint density at radius 1 is 1.36 bits per heavy atom. The van der Waals surface area contributed by atoms with E-state index in [0.29, 0.717) is 6.04 Å². The average Bonchev–Trinajstić information content (AvgIpc) is 2.84. The van der Waals surface area contributed by atoms with Crippen LogP contribution in [0.4, 0.5) is 0 Å². The lowest BCUT2D eigenvalue weighted by Gasteiger charge is -2.32. The highest BCUT2D eigenvalue weighted by Gasteiger charge is 2.29. The van der Waals surface area contributed by atoms with Gasteiger partial charge in [0.05, 0.1) is 6.04 Å². The first-order chi connectivity index (χ1) is 10.6. The maximum absolute atomic E-state index is 4.39. The Morgan fingerprint density at radius 3 is 2.77 bits per heavy atom. The fourth-order valence-corrected chi connectivity index (χ4v) is 3.14. The van der Waals surface area contributed by atoms with Crippen molar-refractivity contribution in [2.24, 2.45) is 0 Å². The molecule has 1 unspecified atom stereocenters. The lowest BCUT2D eigenvalue weighted by atomic mass is 10.0. The largest absolute Gasteiger partial charge is 0.382 e. The molecule has 1 atom stereocenters. The number of hydrogen-bond acceptors (Lipinski definition) is 2. The van der Waals surface area contributed by atoms with Crippen LogP contribution in [0.2, 0.25) is 0 Å². The predicted octanol–water partition coefficient (Wildman–Crippen LogP) is 5.05. The molecule has 1 N–H and O–H groups in total. The average molecular weight is 298 g/mol. The van der Waals surface area contributed by atoms with E-state index in [-0.39, 0.29) is 0 Å². The van der Waals surface area contributed by atoms with Gasteiger partial charge in [0, 0.05) is 17.9 Å². The zero-order valence-corrected chi connectivity index (χ0v) is 14.6. The Labute approximate surface area is 136 Å². The number of nitrogens with one attached hydrogen (secondary N) is 1. The molecule has 2 nitrogen and oxygen atoms in total. The minimum atomic E-state index is 0.387. The maximum Gasteiger partial charge on any atom is 0.0657 e. The molecule has 0 aromatic carbocycles. The fraction of sp³-hybridized carbons (Fsp3) is 0.500. The lowest BCUT2D eigenvalue weighted by molar-refractivity contribution is 0.421. The molecule has 0 fully saturated rings. The molecule has 120 valence electrons. The highest BCUT2D eigenvalue weighted by Crippen LogP contribution is 2.35. The van der Waals surface area contributed by atoms with Crippen LogP contribution in [0.5, 0.6) is 0 Å². The number of hydrogen-bond donors (Lipinski definition) is 1. The van der Waals surface area contributed by atoms with Crippen LogP contribution in [0.25, 0.3) is 0 Å². The van der Waals surface area contributed by atoms with E-state index in [1.807, 2.05) is 0 Å². The third-order valence-corrected chi connectivity index (χ3v) is 4.50. The highest BCUT2D eigenvalue weighted by molar-refractivity contribution is 5.50. The van der Waals surface area contributed by atoms with E-state index in [2.05, 4.69) is 68.9 Å². The SMILES string of the molecule is C=C1C(/C=C\CCC)=C(CC)CN1C1=CC(C)=CNC1CC. The summed E-state index contributed by atoms with van der Waals surface area (Å²) in [6.45, 7) is 14.2. The van der Waals surface area contributed by atoms with E-state index in [9.17, 15) is 0 Å². The van der Waals surface area contributed by atoms with E-state index in [1.165, 1.54) is 28.8 Å². The van der Waals surface area contributed by atoms with Crippen molar-refractivity contribution in [2.75, 3.05) is 6.54 Å². The Balaban J connectivity index is 2.25. The monoisotopic (exact) mass is 298 g/mol. The van der Waals surface area contributed by atoms with E-state index >= 15 is 0 Å². The molecule has 22 heavy (non-hydrogen) atoms. The summed E-state index contributed by atoms with van der Waals surface area (Å²) >= 11 is 0. The molecule has 2 aliphatic rings. The van der Waals surface area contributed by atoms with Crippen LogP contribution in [0.1, 0.15) is 53.4 Å². The number of nitrogens with zero attached hydrogens (tertiary/aromatic N) is 1. The van der Waals surface area contributed by atoms with Crippen molar-refractivity contribution in [2.45, 2.75) is 59.4 Å². The van der Waals surface area contributed by atoms with Crippen molar-refractivity contribution in [1.82, 2.24) is 10.2 Å². The van der Waals surface area contributed by atoms with Gasteiger partial charge in [-0.15, -0.1) is 0 Å². The van der Waals surface area contributed by atoms with Crippen LogP contribution in [-0.2, 0) is 0 Å². The molecule has 0 bridgehead atoms. The number of unbranched alkanes of at least 4 members (excludes halogenated alkanes) is 1. The summed E-state index contributed by atoms with van der Waals surface area (Å²) in [6, 6.07) is 0.387. The first kappa shape index (κ1) is 16.7. The topological polar surface area (TPSA) is 15.3 Å². The minimum absolute atomic E-state index is 0.387. The van der Waals surface area contributed by atoms with E-state index in [4.69, 9.17) is 0 Å². The van der Waals surface area contributed by atoms with Crippen molar-refractivity contribution in [3.05, 3.63) is 59.1 Å². The molecule has 0 aliphatic carbocycles. The summed E-state index contributed by atoms with van der Waals surface area (Å²) in [4.78, 5) is 2.40. The van der Waals surface area contributed by atoms with Gasteiger partial charge in [0.15, 0.2) is 0 Å². The summed E-state index contributed by atoms with van der Waals surface area (Å²) < 4.78 is 0. The fourth-order valence-electron chi connectivity index (χ4n) is 3.14. The van der Waals surface area contributed by atoms with Crippen molar-refractivity contribution in [3.63, 3.8) is 0 Å². The Bertz CT molecular complexity index is 546. The smallest absolute Gasteiger partial charge is 0.0657 e. The van der Waals surface area contributed by atoms with E-state index in [1.54, 1.807) is 0 Å². The standard InChI is InChI=1S/C20H30N2/c1-6-9-10-11-18-16(5)22(14-17(18)7-2)20-12-15(4)13-21-19(20)8-3/h10-13,19,21H,5-9,14H2,1-4H3/b11-10-. The van der Waals surface area contributed by atoms with Crippen molar-refractivity contribution >= 4 is 0 Å². The first-order valence-corrected chi connectivity index (χ1v) is 8.62. The van der Waals surface area contributed by atoms with Crippen molar-refractivity contribution < 1.29 is 0 Å². The second-order valence-electron chi connectivity index (χ2n) is 6.18. The normalized spacial score (nSPS) is 22.3. The summed E-state index contributed by atoms with van der Waals surface area (Å²) in [7, 11) is 0. The van der Waals surface area contributed by atoms with Gasteiger partial charge in [0.1, 0.15) is 0 Å². The molecule has 0 aromatic rings. The van der Waals surface area contributed by atoms with Gasteiger partial charge < -0.3 is 10.2 Å². The predicted molar refractivity (Wildman–Crippen MR) is 96.3 cm³/mol. The van der Waals surface area contributed by atoms with Gasteiger partial charge in [-0.05, 0) is 55.2 Å². The lowest BCUT2D eigenvalue weighted by Crippen LogP contribution is -2.37. The zero-order chi connectivity index (χ0) is 16.1. The minimum Gasteiger partial charge on any atom is -0.382 e. The van der Waals surface area contributed by atoms with E-state index in [0.717, 1.165) is 31.5 Å². The van der Waals surface area contributed by atoms with Gasteiger partial charge in [-0.1, -0.05) is 45.9 Å². The third-order valence-electron chi connectivity index (χ3n) is 4.50. The second kappa shape index (κ2) is 7.53. The maximum atomic E-state index is 4.39. The van der Waals surface area contributed by atoms with Crippen LogP contribution >= 0.6 is 0 Å². The van der Waals surface area contributed by atoms with Gasteiger partial charge >= 0.3 is 0 Å². The zero-order valence-electron chi connectivity index (χ0n) is 14.6. The van der Waals surface area contributed by atoms with Gasteiger partial charge in [-0.2, -0.15) is 0 Å². The van der Waals surface area contributed by atoms with E-state index < -0.39 is 0 Å². The Kier molecular flexibility index (Phi) is 5.70. The number of dihydropyridines is 1. The molecule has 0 aromatic heterocycles. The van der Waals surface area contributed by atoms with Gasteiger partial charge in [-0.3, -0.25) is 0 Å². The van der Waals surface area contributed by atoms with Crippen molar-refractivity contribution in [1.29, 1.82) is 0 Å². The first-order valence-electron chi connectivity index (χ1n) is 8.62. The molecular weight excluding hydrogens is 268 g/mol. The van der Waals surface area contributed by atoms with Crippen LogP contribution in [-0.4, -0.2) is 17.5 Å². The molecule has 0 spiro atoms. The molecule has 2 heterocycles. The molecule has 2 heteroatoms.